The highest BCUT2D eigenvalue weighted by molar-refractivity contribution is 8.00. The zero-order chi connectivity index (χ0) is 21.3. The van der Waals surface area contributed by atoms with Gasteiger partial charge in [-0.05, 0) is 50.5 Å². The molecule has 1 aliphatic heterocycles. The minimum atomic E-state index is -0.285. The number of carbonyl (C=O) groups is 1. The molecule has 1 unspecified atom stereocenters. The van der Waals surface area contributed by atoms with Gasteiger partial charge >= 0.3 is 0 Å². The normalized spacial score (nSPS) is 18.1. The first-order chi connectivity index (χ1) is 14.5. The predicted octanol–water partition coefficient (Wildman–Crippen LogP) is 3.72. The number of hydrogen-bond donors (Lipinski definition) is 0. The van der Waals surface area contributed by atoms with Gasteiger partial charge in [-0.1, -0.05) is 25.6 Å². The topological polar surface area (TPSA) is 64.4 Å². The maximum absolute atomic E-state index is 13.6. The third-order valence-electron chi connectivity index (χ3n) is 5.92. The molecule has 0 spiro atoms. The fraction of sp³-hybridized carbons (Fsp3) is 0.682. The number of aromatic nitrogens is 2. The summed E-state index contributed by atoms with van der Waals surface area (Å²) in [5.41, 5.74) is 1.31. The lowest BCUT2D eigenvalue weighted by atomic mass is 9.97. The van der Waals surface area contributed by atoms with Crippen LogP contribution in [0.5, 0.6) is 0 Å². The van der Waals surface area contributed by atoms with Crippen LogP contribution in [0.15, 0.2) is 9.95 Å². The lowest BCUT2D eigenvalue weighted by Gasteiger charge is -2.29. The summed E-state index contributed by atoms with van der Waals surface area (Å²) >= 11 is 3.10. The number of ether oxygens (including phenoxy) is 1. The van der Waals surface area contributed by atoms with Gasteiger partial charge in [0.2, 0.25) is 5.91 Å². The molecule has 0 aromatic carbocycles. The third kappa shape index (κ3) is 4.46. The Morgan fingerprint density at radius 2 is 1.93 bits per heavy atom. The van der Waals surface area contributed by atoms with Crippen LogP contribution in [0, 0.1) is 5.92 Å². The fourth-order valence-corrected chi connectivity index (χ4v) is 6.46. The molecule has 2 aromatic rings. The summed E-state index contributed by atoms with van der Waals surface area (Å²) in [7, 11) is 0. The summed E-state index contributed by atoms with van der Waals surface area (Å²) < 4.78 is 7.20. The number of rotatable bonds is 6. The molecule has 3 heterocycles. The first-order valence-corrected chi connectivity index (χ1v) is 12.7. The maximum atomic E-state index is 13.6. The number of aryl methyl sites for hydroxylation is 2. The van der Waals surface area contributed by atoms with Crippen molar-refractivity contribution in [2.24, 2.45) is 5.92 Å². The van der Waals surface area contributed by atoms with Crippen molar-refractivity contribution in [1.29, 1.82) is 0 Å². The van der Waals surface area contributed by atoms with Gasteiger partial charge in [-0.25, -0.2) is 4.98 Å². The highest BCUT2D eigenvalue weighted by Crippen LogP contribution is 2.35. The molecule has 1 fully saturated rings. The minimum Gasteiger partial charge on any atom is -0.378 e. The minimum absolute atomic E-state index is 0.0774. The Bertz CT molecular complexity index is 976. The van der Waals surface area contributed by atoms with Crippen LogP contribution in [0.1, 0.15) is 50.5 Å². The van der Waals surface area contributed by atoms with E-state index in [9.17, 15) is 9.59 Å². The van der Waals surface area contributed by atoms with Gasteiger partial charge in [-0.2, -0.15) is 0 Å². The third-order valence-corrected chi connectivity index (χ3v) is 8.19. The molecule has 1 aliphatic carbocycles. The monoisotopic (exact) mass is 449 g/mol. The lowest BCUT2D eigenvalue weighted by molar-refractivity contribution is -0.134. The van der Waals surface area contributed by atoms with Crippen LogP contribution < -0.4 is 5.56 Å². The van der Waals surface area contributed by atoms with Gasteiger partial charge in [0.1, 0.15) is 4.83 Å². The number of thioether (sulfide) groups is 1. The van der Waals surface area contributed by atoms with Crippen LogP contribution in [0.4, 0.5) is 0 Å². The van der Waals surface area contributed by atoms with Crippen LogP contribution in [0.2, 0.25) is 0 Å². The summed E-state index contributed by atoms with van der Waals surface area (Å²) in [6.07, 6.45) is 5.28. The Morgan fingerprint density at radius 1 is 1.20 bits per heavy atom. The van der Waals surface area contributed by atoms with E-state index in [4.69, 9.17) is 9.72 Å². The zero-order valence-corrected chi connectivity index (χ0v) is 19.7. The molecule has 30 heavy (non-hydrogen) atoms. The molecule has 4 rings (SSSR count). The van der Waals surface area contributed by atoms with Crippen LogP contribution in [-0.2, 0) is 28.9 Å². The van der Waals surface area contributed by atoms with Crippen LogP contribution in [-0.4, -0.2) is 51.9 Å². The number of fused-ring (bicyclic) bond motifs is 3. The summed E-state index contributed by atoms with van der Waals surface area (Å²) in [6.45, 7) is 9.35. The largest absolute Gasteiger partial charge is 0.378 e. The average molecular weight is 450 g/mol. The quantitative estimate of drug-likeness (QED) is 0.497. The van der Waals surface area contributed by atoms with Crippen molar-refractivity contribution in [3.05, 3.63) is 20.8 Å². The second-order valence-electron chi connectivity index (χ2n) is 8.62. The Hall–Kier alpha value is -1.38. The summed E-state index contributed by atoms with van der Waals surface area (Å²) in [5.74, 6) is 0.591. The number of thiophene rings is 1. The van der Waals surface area contributed by atoms with Crippen molar-refractivity contribution in [2.45, 2.75) is 69.8 Å². The van der Waals surface area contributed by atoms with Gasteiger partial charge in [0, 0.05) is 24.5 Å². The molecule has 1 atom stereocenters. The van der Waals surface area contributed by atoms with Crippen molar-refractivity contribution in [3.63, 3.8) is 0 Å². The van der Waals surface area contributed by atoms with Crippen molar-refractivity contribution < 1.29 is 9.53 Å². The van der Waals surface area contributed by atoms with E-state index in [0.29, 0.717) is 43.9 Å². The van der Waals surface area contributed by atoms with Gasteiger partial charge < -0.3 is 9.64 Å². The van der Waals surface area contributed by atoms with E-state index in [1.54, 1.807) is 11.3 Å². The van der Waals surface area contributed by atoms with Gasteiger partial charge in [-0.15, -0.1) is 11.3 Å². The highest BCUT2D eigenvalue weighted by atomic mass is 32.2. The fourth-order valence-electron chi connectivity index (χ4n) is 4.14. The summed E-state index contributed by atoms with van der Waals surface area (Å²) in [6, 6.07) is 0. The Kier molecular flexibility index (Phi) is 6.85. The van der Waals surface area contributed by atoms with E-state index in [0.717, 1.165) is 35.9 Å². The molecule has 1 amide bonds. The van der Waals surface area contributed by atoms with Gasteiger partial charge in [-0.3, -0.25) is 14.2 Å². The van der Waals surface area contributed by atoms with E-state index in [2.05, 4.69) is 13.8 Å². The number of nitrogens with zero attached hydrogens (tertiary/aromatic N) is 3. The number of carbonyl (C=O) groups excluding carboxylic acids is 1. The smallest absolute Gasteiger partial charge is 0.263 e. The van der Waals surface area contributed by atoms with E-state index in [1.807, 2.05) is 16.4 Å². The second kappa shape index (κ2) is 9.40. The van der Waals surface area contributed by atoms with Crippen molar-refractivity contribution in [2.75, 3.05) is 26.3 Å². The van der Waals surface area contributed by atoms with Crippen LogP contribution >= 0.6 is 23.1 Å². The van der Waals surface area contributed by atoms with E-state index >= 15 is 0 Å². The van der Waals surface area contributed by atoms with Crippen LogP contribution in [0.3, 0.4) is 0 Å². The Labute approximate surface area is 186 Å². The van der Waals surface area contributed by atoms with Gasteiger partial charge in [0.25, 0.3) is 5.56 Å². The molecule has 0 bridgehead atoms. The van der Waals surface area contributed by atoms with Crippen molar-refractivity contribution >= 4 is 39.2 Å². The molecule has 0 radical (unpaired) electrons. The lowest BCUT2D eigenvalue weighted by Crippen LogP contribution is -2.44. The molecule has 0 saturated carbocycles. The predicted molar refractivity (Wildman–Crippen MR) is 123 cm³/mol. The highest BCUT2D eigenvalue weighted by Gasteiger charge is 2.27. The standard InChI is InChI=1S/C22H31N3O3S2/c1-14(2)8-9-25-21(27)18-16-6-4-5-7-17(16)30-19(18)23-22(25)29-15(3)20(26)24-10-12-28-13-11-24/h14-15H,4-13H2,1-3H3. The van der Waals surface area contributed by atoms with Gasteiger partial charge in [0.15, 0.2) is 5.16 Å². The molecule has 2 aliphatic rings. The molecule has 2 aromatic heterocycles. The van der Waals surface area contributed by atoms with Crippen molar-refractivity contribution in [1.82, 2.24) is 14.5 Å². The Morgan fingerprint density at radius 3 is 2.67 bits per heavy atom. The SMILES string of the molecule is CC(C)CCn1c(SC(C)C(=O)N2CCOCC2)nc2sc3c(c2c1=O)CCCC3. The molecule has 164 valence electrons. The maximum Gasteiger partial charge on any atom is 0.263 e. The number of amides is 1. The molecule has 0 N–H and O–H groups in total. The van der Waals surface area contributed by atoms with E-state index in [1.165, 1.54) is 28.6 Å². The summed E-state index contributed by atoms with van der Waals surface area (Å²) in [5, 5.41) is 1.23. The average Bonchev–Trinajstić information content (AvgIpc) is 3.11. The van der Waals surface area contributed by atoms with Crippen LogP contribution in [0.25, 0.3) is 10.2 Å². The molecular formula is C22H31N3O3S2. The van der Waals surface area contributed by atoms with Crippen molar-refractivity contribution in [3.8, 4) is 0 Å². The Balaban J connectivity index is 1.68. The zero-order valence-electron chi connectivity index (χ0n) is 18.1. The molecule has 1 saturated heterocycles. The first kappa shape index (κ1) is 21.8. The summed E-state index contributed by atoms with van der Waals surface area (Å²) in [4.78, 5) is 35.5. The van der Waals surface area contributed by atoms with Gasteiger partial charge in [0.05, 0.1) is 23.8 Å². The number of hydrogen-bond acceptors (Lipinski definition) is 6. The molecule has 8 heteroatoms. The molecule has 6 nitrogen and oxygen atoms in total. The molecular weight excluding hydrogens is 418 g/mol. The van der Waals surface area contributed by atoms with E-state index in [-0.39, 0.29) is 16.7 Å². The first-order valence-electron chi connectivity index (χ1n) is 11.0. The second-order valence-corrected chi connectivity index (χ2v) is 11.0. The van der Waals surface area contributed by atoms with E-state index < -0.39 is 0 Å². The number of morpholine rings is 1.